The summed E-state index contributed by atoms with van der Waals surface area (Å²) < 4.78 is 7.84. The van der Waals surface area contributed by atoms with Gasteiger partial charge in [0.2, 0.25) is 11.8 Å². The fraction of sp³-hybridized carbons (Fsp3) is 0.273. The maximum atomic E-state index is 6.10. The van der Waals surface area contributed by atoms with Crippen LogP contribution in [0.5, 0.6) is 0 Å². The van der Waals surface area contributed by atoms with E-state index in [1.165, 1.54) is 11.8 Å². The molecule has 0 radical (unpaired) electrons. The summed E-state index contributed by atoms with van der Waals surface area (Å²) in [5.74, 6) is 2.46. The van der Waals surface area contributed by atoms with Gasteiger partial charge in [0.05, 0.1) is 5.75 Å². The van der Waals surface area contributed by atoms with Crippen LogP contribution in [0.4, 0.5) is 0 Å². The molecule has 0 fully saturated rings. The van der Waals surface area contributed by atoms with Crippen molar-refractivity contribution in [3.8, 4) is 17.1 Å². The van der Waals surface area contributed by atoms with Crippen molar-refractivity contribution in [2.45, 2.75) is 44.0 Å². The van der Waals surface area contributed by atoms with Crippen LogP contribution in [-0.4, -0.2) is 25.0 Å². The number of aromatic nitrogens is 5. The third-order valence-corrected chi connectivity index (χ3v) is 5.59. The number of nitrogens with zero attached hydrogens (tertiary/aromatic N) is 5. The van der Waals surface area contributed by atoms with Crippen LogP contribution in [0.3, 0.4) is 0 Å². The predicted molar refractivity (Wildman–Crippen MR) is 119 cm³/mol. The van der Waals surface area contributed by atoms with Crippen molar-refractivity contribution in [1.82, 2.24) is 25.0 Å². The van der Waals surface area contributed by atoms with Gasteiger partial charge in [0, 0.05) is 21.7 Å². The monoisotopic (exact) mass is 439 g/mol. The molecular formula is C22H22ClN5OS. The van der Waals surface area contributed by atoms with Gasteiger partial charge in [-0.2, -0.15) is 0 Å². The lowest BCUT2D eigenvalue weighted by Crippen LogP contribution is -2.11. The van der Waals surface area contributed by atoms with Crippen LogP contribution in [0.2, 0.25) is 5.02 Å². The minimum Gasteiger partial charge on any atom is -0.424 e. The van der Waals surface area contributed by atoms with Gasteiger partial charge in [0.1, 0.15) is 0 Å². The minimum absolute atomic E-state index is 0.183. The van der Waals surface area contributed by atoms with Crippen LogP contribution in [-0.2, 0) is 11.2 Å². The summed E-state index contributed by atoms with van der Waals surface area (Å²) in [5.41, 5.74) is 2.91. The highest BCUT2D eigenvalue weighted by Gasteiger charge is 2.22. The molecule has 0 spiro atoms. The first-order valence-electron chi connectivity index (χ1n) is 9.55. The molecule has 0 aliphatic rings. The summed E-state index contributed by atoms with van der Waals surface area (Å²) in [6.45, 7) is 8.19. The van der Waals surface area contributed by atoms with E-state index in [4.69, 9.17) is 16.0 Å². The van der Waals surface area contributed by atoms with Gasteiger partial charge in [-0.25, -0.2) is 0 Å². The normalized spacial score (nSPS) is 11.8. The Morgan fingerprint density at radius 3 is 2.43 bits per heavy atom. The van der Waals surface area contributed by atoms with Gasteiger partial charge in [-0.05, 0) is 37.3 Å². The van der Waals surface area contributed by atoms with Gasteiger partial charge in [-0.15, -0.1) is 20.4 Å². The largest absolute Gasteiger partial charge is 0.424 e. The third kappa shape index (κ3) is 4.42. The van der Waals surface area contributed by atoms with Crippen LogP contribution in [0, 0.1) is 6.92 Å². The fourth-order valence-electron chi connectivity index (χ4n) is 2.90. The molecule has 2 aromatic carbocycles. The first-order chi connectivity index (χ1) is 14.3. The van der Waals surface area contributed by atoms with Crippen LogP contribution in [0.25, 0.3) is 17.1 Å². The molecule has 2 heterocycles. The molecule has 4 rings (SSSR count). The second-order valence-electron chi connectivity index (χ2n) is 8.03. The number of hydrogen-bond acceptors (Lipinski definition) is 6. The molecule has 0 atom stereocenters. The zero-order valence-corrected chi connectivity index (χ0v) is 18.8. The Kier molecular flexibility index (Phi) is 5.66. The number of thioether (sulfide) groups is 1. The number of rotatable bonds is 5. The van der Waals surface area contributed by atoms with E-state index < -0.39 is 0 Å². The summed E-state index contributed by atoms with van der Waals surface area (Å²) in [7, 11) is 0. The second-order valence-corrected chi connectivity index (χ2v) is 9.41. The van der Waals surface area contributed by atoms with E-state index >= 15 is 0 Å². The van der Waals surface area contributed by atoms with E-state index in [0.29, 0.717) is 22.6 Å². The molecule has 0 bridgehead atoms. The molecule has 0 unspecified atom stereocenters. The van der Waals surface area contributed by atoms with Gasteiger partial charge in [-0.3, -0.25) is 4.57 Å². The van der Waals surface area contributed by atoms with E-state index in [9.17, 15) is 0 Å². The van der Waals surface area contributed by atoms with E-state index in [2.05, 4.69) is 39.5 Å². The average molecular weight is 440 g/mol. The van der Waals surface area contributed by atoms with E-state index in [1.807, 2.05) is 61.7 Å². The Bertz CT molecular complexity index is 1160. The van der Waals surface area contributed by atoms with Crippen molar-refractivity contribution in [2.24, 2.45) is 0 Å². The summed E-state index contributed by atoms with van der Waals surface area (Å²) in [4.78, 5) is 0. The molecule has 6 nitrogen and oxygen atoms in total. The highest BCUT2D eigenvalue weighted by Crippen LogP contribution is 2.31. The summed E-state index contributed by atoms with van der Waals surface area (Å²) in [6.07, 6.45) is 0. The second kappa shape index (κ2) is 8.24. The third-order valence-electron chi connectivity index (χ3n) is 4.43. The van der Waals surface area contributed by atoms with Crippen molar-refractivity contribution in [3.63, 3.8) is 0 Å². The highest BCUT2D eigenvalue weighted by molar-refractivity contribution is 7.98. The van der Waals surface area contributed by atoms with Crippen molar-refractivity contribution in [2.75, 3.05) is 0 Å². The molecule has 0 saturated heterocycles. The first kappa shape index (κ1) is 20.6. The van der Waals surface area contributed by atoms with Crippen molar-refractivity contribution in [1.29, 1.82) is 0 Å². The molecule has 154 valence electrons. The molecule has 0 aliphatic carbocycles. The smallest absolute Gasteiger partial charge is 0.226 e. The van der Waals surface area contributed by atoms with Crippen LogP contribution in [0.1, 0.15) is 38.1 Å². The van der Waals surface area contributed by atoms with Crippen LogP contribution >= 0.6 is 23.4 Å². The van der Waals surface area contributed by atoms with Gasteiger partial charge in [0.25, 0.3) is 0 Å². The first-order valence-corrected chi connectivity index (χ1v) is 10.9. The molecular weight excluding hydrogens is 418 g/mol. The average Bonchev–Trinajstić information content (AvgIpc) is 3.34. The van der Waals surface area contributed by atoms with Crippen molar-refractivity contribution < 1.29 is 4.42 Å². The lowest BCUT2D eigenvalue weighted by atomic mass is 9.97. The zero-order chi connectivity index (χ0) is 21.3. The quantitative estimate of drug-likeness (QED) is 0.362. The van der Waals surface area contributed by atoms with E-state index in [1.54, 1.807) is 0 Å². The Morgan fingerprint density at radius 2 is 1.77 bits per heavy atom. The van der Waals surface area contributed by atoms with Gasteiger partial charge in [-0.1, -0.05) is 67.9 Å². The SMILES string of the molecule is Cc1cccc(-c2nnc(SCc3nnc(C(C)(C)C)o3)n2-c2ccc(Cl)cc2)c1. The minimum atomic E-state index is -0.183. The van der Waals surface area contributed by atoms with Gasteiger partial charge in [0.15, 0.2) is 11.0 Å². The Hall–Kier alpha value is -2.64. The van der Waals surface area contributed by atoms with Gasteiger partial charge < -0.3 is 4.42 Å². The maximum absolute atomic E-state index is 6.10. The fourth-order valence-corrected chi connectivity index (χ4v) is 3.81. The predicted octanol–water partition coefficient (Wildman–Crippen LogP) is 5.87. The molecule has 0 amide bonds. The molecule has 4 aromatic rings. The molecule has 0 aliphatic heterocycles. The molecule has 8 heteroatoms. The summed E-state index contributed by atoms with van der Waals surface area (Å²) in [5, 5.41) is 18.7. The molecule has 30 heavy (non-hydrogen) atoms. The Balaban J connectivity index is 1.69. The lowest BCUT2D eigenvalue weighted by Gasteiger charge is -2.11. The van der Waals surface area contributed by atoms with Crippen molar-refractivity contribution >= 4 is 23.4 Å². The maximum Gasteiger partial charge on any atom is 0.226 e. The van der Waals surface area contributed by atoms with Crippen LogP contribution in [0.15, 0.2) is 58.1 Å². The van der Waals surface area contributed by atoms with E-state index in [0.717, 1.165) is 27.8 Å². The number of hydrogen-bond donors (Lipinski definition) is 0. The van der Waals surface area contributed by atoms with Crippen molar-refractivity contribution in [3.05, 3.63) is 70.9 Å². The Morgan fingerprint density at radius 1 is 1.00 bits per heavy atom. The standard InChI is InChI=1S/C22H22ClN5OS/c1-14-6-5-7-15(12-14)19-25-27-21(28(19)17-10-8-16(23)9-11-17)30-13-18-24-26-20(29-18)22(2,3)4/h5-12H,13H2,1-4H3. The van der Waals surface area contributed by atoms with Gasteiger partial charge >= 0.3 is 0 Å². The number of benzene rings is 2. The number of aryl methyl sites for hydroxylation is 1. The molecule has 2 aromatic heterocycles. The topological polar surface area (TPSA) is 69.6 Å². The summed E-state index contributed by atoms with van der Waals surface area (Å²) in [6, 6.07) is 15.8. The van der Waals surface area contributed by atoms with Crippen LogP contribution < -0.4 is 0 Å². The highest BCUT2D eigenvalue weighted by atomic mass is 35.5. The zero-order valence-electron chi connectivity index (χ0n) is 17.3. The number of halogens is 1. The molecule has 0 N–H and O–H groups in total. The molecule has 0 saturated carbocycles. The Labute approximate surface area is 184 Å². The van der Waals surface area contributed by atoms with E-state index in [-0.39, 0.29) is 5.41 Å². The summed E-state index contributed by atoms with van der Waals surface area (Å²) >= 11 is 7.60. The lowest BCUT2D eigenvalue weighted by molar-refractivity contribution is 0.378.